The van der Waals surface area contributed by atoms with E-state index in [2.05, 4.69) is 46.8 Å². The Hall–Kier alpha value is -1.76. The van der Waals surface area contributed by atoms with Crippen LogP contribution in [0.2, 0.25) is 0 Å². The van der Waals surface area contributed by atoms with Gasteiger partial charge in [0, 0.05) is 11.0 Å². The SMILES string of the molecule is Cc1cc(C)c2nc(N(CCCN(C)C)C(=O)c3ccccc3Br)sc2c1. The summed E-state index contributed by atoms with van der Waals surface area (Å²) in [5.41, 5.74) is 4.01. The number of carbonyl (C=O) groups is 1. The number of fused-ring (bicyclic) bond motifs is 1. The Labute approximate surface area is 172 Å². The van der Waals surface area contributed by atoms with Gasteiger partial charge in [-0.05, 0) is 86.2 Å². The Kier molecular flexibility index (Phi) is 6.29. The molecule has 3 rings (SSSR count). The first-order valence-electron chi connectivity index (χ1n) is 8.95. The van der Waals surface area contributed by atoms with Crippen LogP contribution in [0.3, 0.4) is 0 Å². The Morgan fingerprint density at radius 3 is 2.59 bits per heavy atom. The van der Waals surface area contributed by atoms with Crippen LogP contribution in [0.5, 0.6) is 0 Å². The molecular weight excluding hydrogens is 422 g/mol. The number of aromatic nitrogens is 1. The average molecular weight is 446 g/mol. The third-order valence-corrected chi connectivity index (χ3v) is 6.10. The molecule has 0 N–H and O–H groups in total. The number of rotatable bonds is 6. The van der Waals surface area contributed by atoms with Crippen molar-refractivity contribution in [2.75, 3.05) is 32.1 Å². The van der Waals surface area contributed by atoms with E-state index in [0.29, 0.717) is 12.1 Å². The standard InChI is InChI=1S/C21H24BrN3OS/c1-14-12-15(2)19-18(13-14)27-21(23-19)25(11-7-10-24(3)4)20(26)16-8-5-6-9-17(16)22/h5-6,8-9,12-13H,7,10-11H2,1-4H3. The van der Waals surface area contributed by atoms with Gasteiger partial charge < -0.3 is 4.90 Å². The summed E-state index contributed by atoms with van der Waals surface area (Å²) in [5, 5.41) is 0.762. The second kappa shape index (κ2) is 8.50. The molecule has 0 bridgehead atoms. The molecule has 0 aliphatic carbocycles. The molecule has 27 heavy (non-hydrogen) atoms. The minimum absolute atomic E-state index is 0.0188. The highest BCUT2D eigenvalue weighted by atomic mass is 79.9. The number of carbonyl (C=O) groups excluding carboxylic acids is 1. The monoisotopic (exact) mass is 445 g/mol. The lowest BCUT2D eigenvalue weighted by Gasteiger charge is -2.21. The molecule has 0 radical (unpaired) electrons. The van der Waals surface area contributed by atoms with E-state index in [4.69, 9.17) is 4.98 Å². The highest BCUT2D eigenvalue weighted by Gasteiger charge is 2.23. The van der Waals surface area contributed by atoms with Crippen LogP contribution in [-0.2, 0) is 0 Å². The zero-order valence-electron chi connectivity index (χ0n) is 16.1. The normalized spacial score (nSPS) is 11.3. The highest BCUT2D eigenvalue weighted by molar-refractivity contribution is 9.10. The number of amides is 1. The van der Waals surface area contributed by atoms with E-state index in [9.17, 15) is 4.79 Å². The summed E-state index contributed by atoms with van der Waals surface area (Å²) in [7, 11) is 4.09. The molecule has 0 unspecified atom stereocenters. The molecule has 0 spiro atoms. The molecular formula is C21H24BrN3OS. The third kappa shape index (κ3) is 4.57. The molecule has 0 saturated carbocycles. The molecule has 0 aliphatic heterocycles. The van der Waals surface area contributed by atoms with Crippen molar-refractivity contribution < 1.29 is 4.79 Å². The van der Waals surface area contributed by atoms with Gasteiger partial charge in [-0.3, -0.25) is 9.69 Å². The lowest BCUT2D eigenvalue weighted by Crippen LogP contribution is -2.33. The van der Waals surface area contributed by atoms with E-state index < -0.39 is 0 Å². The second-order valence-corrected chi connectivity index (χ2v) is 8.88. The second-order valence-electron chi connectivity index (χ2n) is 7.02. The first kappa shape index (κ1) is 20.0. The largest absolute Gasteiger partial charge is 0.309 e. The van der Waals surface area contributed by atoms with Crippen molar-refractivity contribution in [1.29, 1.82) is 0 Å². The smallest absolute Gasteiger partial charge is 0.261 e. The van der Waals surface area contributed by atoms with Crippen molar-refractivity contribution in [1.82, 2.24) is 9.88 Å². The number of aryl methyl sites for hydroxylation is 2. The fourth-order valence-electron chi connectivity index (χ4n) is 3.08. The molecule has 142 valence electrons. The van der Waals surface area contributed by atoms with Crippen LogP contribution in [0.15, 0.2) is 40.9 Å². The number of hydrogen-bond acceptors (Lipinski definition) is 4. The summed E-state index contributed by atoms with van der Waals surface area (Å²) in [6.45, 7) is 5.72. The number of thiazole rings is 1. The molecule has 1 heterocycles. The molecule has 1 aromatic heterocycles. The molecule has 0 aliphatic rings. The first-order valence-corrected chi connectivity index (χ1v) is 10.6. The topological polar surface area (TPSA) is 36.4 Å². The van der Waals surface area contributed by atoms with E-state index in [-0.39, 0.29) is 5.91 Å². The Morgan fingerprint density at radius 2 is 1.89 bits per heavy atom. The minimum atomic E-state index is -0.0188. The van der Waals surface area contributed by atoms with Crippen molar-refractivity contribution in [3.05, 3.63) is 57.6 Å². The maximum atomic E-state index is 13.3. The molecule has 6 heteroatoms. The van der Waals surface area contributed by atoms with Crippen molar-refractivity contribution >= 4 is 48.5 Å². The average Bonchev–Trinajstić information content (AvgIpc) is 3.02. The maximum absolute atomic E-state index is 13.3. The highest BCUT2D eigenvalue weighted by Crippen LogP contribution is 2.33. The molecule has 0 saturated heterocycles. The van der Waals surface area contributed by atoms with E-state index in [0.717, 1.165) is 38.3 Å². The van der Waals surface area contributed by atoms with Gasteiger partial charge in [0.15, 0.2) is 5.13 Å². The fourth-order valence-corrected chi connectivity index (χ4v) is 4.70. The van der Waals surface area contributed by atoms with Crippen molar-refractivity contribution in [3.63, 3.8) is 0 Å². The van der Waals surface area contributed by atoms with Crippen molar-refractivity contribution in [2.24, 2.45) is 0 Å². The quantitative estimate of drug-likeness (QED) is 0.517. The molecule has 2 aromatic carbocycles. The van der Waals surface area contributed by atoms with E-state index in [1.807, 2.05) is 43.3 Å². The molecule has 0 fully saturated rings. The number of anilines is 1. The molecule has 1 amide bonds. The molecule has 3 aromatic rings. The van der Waals surface area contributed by atoms with Crippen LogP contribution in [0.1, 0.15) is 27.9 Å². The van der Waals surface area contributed by atoms with Crippen LogP contribution < -0.4 is 4.90 Å². The van der Waals surface area contributed by atoms with E-state index in [1.54, 1.807) is 11.3 Å². The summed E-state index contributed by atoms with van der Waals surface area (Å²) < 4.78 is 1.93. The lowest BCUT2D eigenvalue weighted by molar-refractivity contribution is 0.0985. The Morgan fingerprint density at radius 1 is 1.15 bits per heavy atom. The summed E-state index contributed by atoms with van der Waals surface area (Å²) >= 11 is 5.10. The van der Waals surface area contributed by atoms with Gasteiger partial charge in [-0.2, -0.15) is 0 Å². The maximum Gasteiger partial charge on any atom is 0.261 e. The Balaban J connectivity index is 2.00. The fraction of sp³-hybridized carbons (Fsp3) is 0.333. The van der Waals surface area contributed by atoms with E-state index >= 15 is 0 Å². The van der Waals surface area contributed by atoms with Crippen LogP contribution in [-0.4, -0.2) is 43.0 Å². The lowest BCUT2D eigenvalue weighted by atomic mass is 10.1. The number of nitrogens with zero attached hydrogens (tertiary/aromatic N) is 3. The molecule has 0 atom stereocenters. The van der Waals surface area contributed by atoms with Crippen molar-refractivity contribution in [3.8, 4) is 0 Å². The predicted octanol–water partition coefficient (Wildman–Crippen LogP) is 5.27. The van der Waals surface area contributed by atoms with Gasteiger partial charge in [0.25, 0.3) is 5.91 Å². The van der Waals surface area contributed by atoms with E-state index in [1.165, 1.54) is 5.56 Å². The Bertz CT molecular complexity index is 967. The number of hydrogen-bond donors (Lipinski definition) is 0. The first-order chi connectivity index (χ1) is 12.9. The van der Waals surface area contributed by atoms with Crippen LogP contribution in [0.4, 0.5) is 5.13 Å². The zero-order chi connectivity index (χ0) is 19.6. The summed E-state index contributed by atoms with van der Waals surface area (Å²) in [6, 6.07) is 11.8. The van der Waals surface area contributed by atoms with Gasteiger partial charge in [-0.1, -0.05) is 29.5 Å². The van der Waals surface area contributed by atoms with Gasteiger partial charge in [-0.25, -0.2) is 4.98 Å². The number of benzene rings is 2. The van der Waals surface area contributed by atoms with Gasteiger partial charge in [0.05, 0.1) is 15.8 Å². The van der Waals surface area contributed by atoms with Crippen molar-refractivity contribution in [2.45, 2.75) is 20.3 Å². The van der Waals surface area contributed by atoms with Gasteiger partial charge in [0.2, 0.25) is 0 Å². The van der Waals surface area contributed by atoms with Gasteiger partial charge in [0.1, 0.15) is 0 Å². The molecule has 4 nitrogen and oxygen atoms in total. The van der Waals surface area contributed by atoms with Crippen LogP contribution >= 0.6 is 27.3 Å². The summed E-state index contributed by atoms with van der Waals surface area (Å²) in [4.78, 5) is 22.1. The minimum Gasteiger partial charge on any atom is -0.309 e. The van der Waals surface area contributed by atoms with Crippen LogP contribution in [0.25, 0.3) is 10.2 Å². The van der Waals surface area contributed by atoms with Gasteiger partial charge in [-0.15, -0.1) is 0 Å². The summed E-state index contributed by atoms with van der Waals surface area (Å²) in [6.07, 6.45) is 0.886. The van der Waals surface area contributed by atoms with Gasteiger partial charge >= 0.3 is 0 Å². The van der Waals surface area contributed by atoms with Crippen LogP contribution in [0, 0.1) is 13.8 Å². The third-order valence-electron chi connectivity index (χ3n) is 4.39. The zero-order valence-corrected chi connectivity index (χ0v) is 18.5. The number of halogens is 1. The summed E-state index contributed by atoms with van der Waals surface area (Å²) in [5.74, 6) is -0.0188. The predicted molar refractivity (Wildman–Crippen MR) is 118 cm³/mol.